The minimum atomic E-state index is 0.776. The van der Waals surface area contributed by atoms with Gasteiger partial charge in [0.2, 0.25) is 0 Å². The van der Waals surface area contributed by atoms with Gasteiger partial charge >= 0.3 is 0 Å². The van der Waals surface area contributed by atoms with Crippen molar-refractivity contribution in [2.75, 3.05) is 21.3 Å². The van der Waals surface area contributed by atoms with Crippen molar-refractivity contribution in [1.29, 1.82) is 0 Å². The molecule has 0 unspecified atom stereocenters. The second-order valence-electron chi connectivity index (χ2n) is 8.23. The minimum Gasteiger partial charge on any atom is -0.326 e. The molecule has 1 aromatic heterocycles. The van der Waals surface area contributed by atoms with Gasteiger partial charge in [-0.25, -0.2) is 0 Å². The maximum atomic E-state index is 6.67. The zero-order valence-corrected chi connectivity index (χ0v) is 20.9. The number of rotatable bonds is 5. The zero-order valence-electron chi connectivity index (χ0n) is 18.6. The highest BCUT2D eigenvalue weighted by molar-refractivity contribution is 8.01. The van der Waals surface area contributed by atoms with E-state index in [-0.39, 0.29) is 0 Å². The van der Waals surface area contributed by atoms with Crippen molar-refractivity contribution in [3.8, 4) is 11.3 Å². The van der Waals surface area contributed by atoms with Crippen molar-refractivity contribution < 1.29 is 0 Å². The largest absolute Gasteiger partial charge is 0.326 e. The van der Waals surface area contributed by atoms with Gasteiger partial charge in [0.15, 0.2) is 0 Å². The van der Waals surface area contributed by atoms with Crippen LogP contribution in [0, 0.1) is 6.92 Å². The molecule has 1 saturated heterocycles. The van der Waals surface area contributed by atoms with E-state index < -0.39 is 0 Å². The van der Waals surface area contributed by atoms with Gasteiger partial charge in [-0.3, -0.25) is 4.98 Å². The SMILES string of the molecule is Cc1ccc(NSc2ccc(N3CCCCCS3)cc2Cl)cc1-c1nccc2ccccc12. The summed E-state index contributed by atoms with van der Waals surface area (Å²) in [6, 6.07) is 23.2. The van der Waals surface area contributed by atoms with Crippen molar-refractivity contribution in [3.05, 3.63) is 83.5 Å². The molecule has 0 radical (unpaired) electrons. The second-order valence-corrected chi connectivity index (χ2v) is 10.6. The molecule has 5 rings (SSSR count). The van der Waals surface area contributed by atoms with E-state index in [0.717, 1.165) is 38.8 Å². The Hall–Kier alpha value is -2.34. The predicted octanol–water partition coefficient (Wildman–Crippen LogP) is 8.62. The van der Waals surface area contributed by atoms with Gasteiger partial charge in [-0.15, -0.1) is 0 Å². The van der Waals surface area contributed by atoms with Gasteiger partial charge in [0.25, 0.3) is 0 Å². The van der Waals surface area contributed by atoms with Crippen LogP contribution in [0.15, 0.2) is 77.8 Å². The fourth-order valence-electron chi connectivity index (χ4n) is 4.09. The van der Waals surface area contributed by atoms with Gasteiger partial charge in [-0.05, 0) is 91.0 Å². The second kappa shape index (κ2) is 10.3. The molecular formula is C27H26ClN3S2. The van der Waals surface area contributed by atoms with Gasteiger partial charge in [-0.2, -0.15) is 0 Å². The van der Waals surface area contributed by atoms with Crippen LogP contribution in [0.25, 0.3) is 22.0 Å². The van der Waals surface area contributed by atoms with Crippen molar-refractivity contribution in [3.63, 3.8) is 0 Å². The minimum absolute atomic E-state index is 0.776. The van der Waals surface area contributed by atoms with E-state index in [4.69, 9.17) is 16.6 Å². The van der Waals surface area contributed by atoms with E-state index >= 15 is 0 Å². The third-order valence-electron chi connectivity index (χ3n) is 5.90. The number of fused-ring (bicyclic) bond motifs is 1. The number of halogens is 1. The van der Waals surface area contributed by atoms with Crippen LogP contribution >= 0.6 is 35.5 Å². The number of benzene rings is 3. The van der Waals surface area contributed by atoms with Gasteiger partial charge in [0, 0.05) is 45.7 Å². The molecule has 0 amide bonds. The first kappa shape index (κ1) is 22.5. The lowest BCUT2D eigenvalue weighted by molar-refractivity contribution is 0.751. The smallest absolute Gasteiger partial charge is 0.0783 e. The summed E-state index contributed by atoms with van der Waals surface area (Å²) in [5.74, 6) is 1.18. The fraction of sp³-hybridized carbons (Fsp3) is 0.222. The molecule has 0 aliphatic carbocycles. The van der Waals surface area contributed by atoms with E-state index in [1.54, 1.807) is 11.9 Å². The first-order valence-corrected chi connectivity index (χ1v) is 13.4. The number of pyridine rings is 1. The number of nitrogens with one attached hydrogen (secondary N) is 1. The Morgan fingerprint density at radius 2 is 1.91 bits per heavy atom. The van der Waals surface area contributed by atoms with Crippen molar-refractivity contribution in [2.45, 2.75) is 31.1 Å². The van der Waals surface area contributed by atoms with E-state index in [0.29, 0.717) is 0 Å². The first-order chi connectivity index (χ1) is 16.2. The van der Waals surface area contributed by atoms with Crippen LogP contribution in [0.2, 0.25) is 5.02 Å². The van der Waals surface area contributed by atoms with Crippen molar-refractivity contribution in [1.82, 2.24) is 4.98 Å². The molecule has 2 heterocycles. The Morgan fingerprint density at radius 3 is 2.82 bits per heavy atom. The monoisotopic (exact) mass is 491 g/mol. The Kier molecular flexibility index (Phi) is 7.00. The van der Waals surface area contributed by atoms with E-state index in [9.17, 15) is 0 Å². The van der Waals surface area contributed by atoms with E-state index in [1.807, 2.05) is 18.1 Å². The first-order valence-electron chi connectivity index (χ1n) is 11.3. The standard InChI is InChI=1S/C27H26ClN3S2/c1-19-9-10-21(17-24(19)27-23-8-4-3-7-20(23)13-14-29-27)30-33-26-12-11-22(18-25(26)28)31-15-5-2-6-16-32-31/h3-4,7-14,17-18,30H,2,5-6,15-16H2,1H3. The Balaban J connectivity index is 1.35. The molecule has 1 N–H and O–H groups in total. The highest BCUT2D eigenvalue weighted by Gasteiger charge is 2.13. The van der Waals surface area contributed by atoms with Crippen molar-refractivity contribution >= 4 is 57.6 Å². The summed E-state index contributed by atoms with van der Waals surface area (Å²) < 4.78 is 5.86. The molecule has 1 fully saturated rings. The summed E-state index contributed by atoms with van der Waals surface area (Å²) in [5, 5.41) is 3.14. The third-order valence-corrected chi connectivity index (χ3v) is 8.42. The molecule has 0 bridgehead atoms. The number of aromatic nitrogens is 1. The van der Waals surface area contributed by atoms with Crippen LogP contribution < -0.4 is 9.03 Å². The highest BCUT2D eigenvalue weighted by atomic mass is 35.5. The van der Waals surface area contributed by atoms with Crippen molar-refractivity contribution in [2.24, 2.45) is 0 Å². The van der Waals surface area contributed by atoms with Crippen LogP contribution in [-0.4, -0.2) is 17.3 Å². The lowest BCUT2D eigenvalue weighted by atomic mass is 10.00. The molecule has 0 spiro atoms. The summed E-state index contributed by atoms with van der Waals surface area (Å²) in [7, 11) is 0. The van der Waals surface area contributed by atoms with E-state index in [2.05, 4.69) is 82.7 Å². The summed E-state index contributed by atoms with van der Waals surface area (Å²) in [6.07, 6.45) is 5.72. The summed E-state index contributed by atoms with van der Waals surface area (Å²) in [5.41, 5.74) is 5.56. The number of hydrogen-bond donors (Lipinski definition) is 1. The number of aryl methyl sites for hydroxylation is 1. The summed E-state index contributed by atoms with van der Waals surface area (Å²) >= 11 is 10.1. The van der Waals surface area contributed by atoms with Crippen LogP contribution in [0.3, 0.4) is 0 Å². The average molecular weight is 492 g/mol. The molecule has 6 heteroatoms. The Morgan fingerprint density at radius 1 is 1.00 bits per heavy atom. The lowest BCUT2D eigenvalue weighted by Gasteiger charge is -2.21. The molecule has 4 aromatic rings. The van der Waals surface area contributed by atoms with Gasteiger partial charge < -0.3 is 9.03 Å². The molecule has 1 aliphatic rings. The average Bonchev–Trinajstić information content (AvgIpc) is 3.13. The zero-order chi connectivity index (χ0) is 22.6. The lowest BCUT2D eigenvalue weighted by Crippen LogP contribution is -2.14. The molecule has 0 saturated carbocycles. The maximum absolute atomic E-state index is 6.67. The molecule has 168 valence electrons. The van der Waals surface area contributed by atoms with Crippen LogP contribution in [0.5, 0.6) is 0 Å². The quantitative estimate of drug-likeness (QED) is 0.282. The fourth-order valence-corrected chi connectivity index (χ4v) is 6.11. The third kappa shape index (κ3) is 5.11. The normalized spacial score (nSPS) is 14.3. The topological polar surface area (TPSA) is 28.2 Å². The molecule has 3 nitrogen and oxygen atoms in total. The molecule has 0 atom stereocenters. The maximum Gasteiger partial charge on any atom is 0.0783 e. The molecular weight excluding hydrogens is 466 g/mol. The number of nitrogens with zero attached hydrogens (tertiary/aromatic N) is 2. The Labute approximate surface area is 209 Å². The molecule has 3 aromatic carbocycles. The highest BCUT2D eigenvalue weighted by Crippen LogP contribution is 2.36. The van der Waals surface area contributed by atoms with Gasteiger partial charge in [-0.1, -0.05) is 48.4 Å². The molecule has 1 aliphatic heterocycles. The summed E-state index contributed by atoms with van der Waals surface area (Å²) in [4.78, 5) is 5.73. The van der Waals surface area contributed by atoms with E-state index in [1.165, 1.54) is 41.7 Å². The molecule has 33 heavy (non-hydrogen) atoms. The van der Waals surface area contributed by atoms with Crippen LogP contribution in [0.4, 0.5) is 11.4 Å². The number of hydrogen-bond acceptors (Lipinski definition) is 5. The summed E-state index contributed by atoms with van der Waals surface area (Å²) in [6.45, 7) is 3.21. The Bertz CT molecular complexity index is 1260. The van der Waals surface area contributed by atoms with Gasteiger partial charge in [0.05, 0.1) is 10.7 Å². The van der Waals surface area contributed by atoms with Crippen LogP contribution in [-0.2, 0) is 0 Å². The predicted molar refractivity (Wildman–Crippen MR) is 147 cm³/mol. The number of anilines is 2. The van der Waals surface area contributed by atoms with Gasteiger partial charge in [0.1, 0.15) is 0 Å². The van der Waals surface area contributed by atoms with Crippen LogP contribution in [0.1, 0.15) is 24.8 Å².